The normalized spacial score (nSPS) is 16.0. The third kappa shape index (κ3) is 3.68. The van der Waals surface area contributed by atoms with Gasteiger partial charge in [0.25, 0.3) is 5.91 Å². The first-order valence-corrected chi connectivity index (χ1v) is 8.08. The van der Waals surface area contributed by atoms with Gasteiger partial charge in [0.05, 0.1) is 6.10 Å². The van der Waals surface area contributed by atoms with Crippen molar-refractivity contribution in [2.24, 2.45) is 0 Å². The van der Waals surface area contributed by atoms with Crippen LogP contribution >= 0.6 is 11.5 Å². The predicted octanol–water partition coefficient (Wildman–Crippen LogP) is 0.687. The maximum absolute atomic E-state index is 11.7. The van der Waals surface area contributed by atoms with E-state index < -0.39 is 6.10 Å². The zero-order valence-corrected chi connectivity index (χ0v) is 12.9. The maximum atomic E-state index is 11.7. The van der Waals surface area contributed by atoms with E-state index in [0.29, 0.717) is 12.2 Å². The average molecular weight is 318 g/mol. The molecular weight excluding hydrogens is 300 g/mol. The fourth-order valence-corrected chi connectivity index (χ4v) is 3.07. The fraction of sp³-hybridized carbons (Fsp3) is 0.400. The molecule has 0 radical (unpaired) electrons. The molecule has 3 rings (SSSR count). The summed E-state index contributed by atoms with van der Waals surface area (Å²) in [6.07, 6.45) is 0.403. The smallest absolute Gasteiger partial charge is 0.272 e. The molecule has 116 valence electrons. The quantitative estimate of drug-likeness (QED) is 0.848. The lowest BCUT2D eigenvalue weighted by Crippen LogP contribution is -2.42. The van der Waals surface area contributed by atoms with Crippen LogP contribution in [0.5, 0.6) is 0 Å². The molecule has 0 aliphatic carbocycles. The largest absolute Gasteiger partial charge is 0.390 e. The van der Waals surface area contributed by atoms with Gasteiger partial charge in [-0.3, -0.25) is 9.69 Å². The Bertz CT molecular complexity index is 632. The summed E-state index contributed by atoms with van der Waals surface area (Å²) in [5.74, 6) is -0.295. The van der Waals surface area contributed by atoms with E-state index in [1.807, 2.05) is 6.07 Å². The zero-order chi connectivity index (χ0) is 15.4. The lowest BCUT2D eigenvalue weighted by atomic mass is 10.00. The molecule has 22 heavy (non-hydrogen) atoms. The number of hydrogen-bond donors (Lipinski definition) is 2. The number of aromatic nitrogens is 2. The Morgan fingerprint density at radius 3 is 3.00 bits per heavy atom. The second kappa shape index (κ2) is 6.95. The van der Waals surface area contributed by atoms with Gasteiger partial charge in [0.15, 0.2) is 5.69 Å². The number of nitrogens with one attached hydrogen (secondary N) is 1. The first kappa shape index (κ1) is 15.1. The van der Waals surface area contributed by atoms with E-state index in [9.17, 15) is 9.90 Å². The van der Waals surface area contributed by atoms with Gasteiger partial charge in [0.1, 0.15) is 0 Å². The van der Waals surface area contributed by atoms with Crippen molar-refractivity contribution in [3.63, 3.8) is 0 Å². The van der Waals surface area contributed by atoms with Gasteiger partial charge in [0, 0.05) is 31.6 Å². The van der Waals surface area contributed by atoms with Crippen molar-refractivity contribution < 1.29 is 9.90 Å². The van der Waals surface area contributed by atoms with Gasteiger partial charge in [0.2, 0.25) is 0 Å². The standard InChI is InChI=1S/C15H18N4O2S/c20-13(7-16-15(21)14-10-22-18-17-14)9-19-6-5-11-3-1-2-4-12(11)8-19/h1-4,10,13,20H,5-9H2,(H,16,21). The van der Waals surface area contributed by atoms with Crippen molar-refractivity contribution in [1.29, 1.82) is 0 Å². The lowest BCUT2D eigenvalue weighted by Gasteiger charge is -2.30. The third-order valence-corrected chi connectivity index (χ3v) is 4.27. The Balaban J connectivity index is 1.46. The van der Waals surface area contributed by atoms with Gasteiger partial charge in [-0.1, -0.05) is 28.8 Å². The van der Waals surface area contributed by atoms with Gasteiger partial charge in [-0.25, -0.2) is 0 Å². The summed E-state index contributed by atoms with van der Waals surface area (Å²) in [7, 11) is 0. The molecule has 0 saturated carbocycles. The van der Waals surface area contributed by atoms with E-state index in [1.165, 1.54) is 11.1 Å². The van der Waals surface area contributed by atoms with Gasteiger partial charge in [-0.15, -0.1) is 5.10 Å². The van der Waals surface area contributed by atoms with Gasteiger partial charge in [-0.05, 0) is 29.1 Å². The Hall–Kier alpha value is -1.83. The van der Waals surface area contributed by atoms with E-state index in [4.69, 9.17) is 0 Å². The number of carbonyl (C=O) groups is 1. The maximum Gasteiger partial charge on any atom is 0.272 e. The zero-order valence-electron chi connectivity index (χ0n) is 12.1. The van der Waals surface area contributed by atoms with Crippen LogP contribution in [0.3, 0.4) is 0 Å². The van der Waals surface area contributed by atoms with Crippen molar-refractivity contribution in [3.8, 4) is 0 Å². The Kier molecular flexibility index (Phi) is 4.77. The summed E-state index contributed by atoms with van der Waals surface area (Å²) in [5.41, 5.74) is 3.00. The second-order valence-electron chi connectivity index (χ2n) is 5.41. The predicted molar refractivity (Wildman–Crippen MR) is 83.7 cm³/mol. The van der Waals surface area contributed by atoms with Crippen LogP contribution in [0.15, 0.2) is 29.6 Å². The minimum absolute atomic E-state index is 0.217. The molecule has 1 atom stereocenters. The molecule has 0 fully saturated rings. The molecule has 0 bridgehead atoms. The summed E-state index contributed by atoms with van der Waals surface area (Å²) in [6.45, 7) is 2.54. The van der Waals surface area contributed by atoms with Crippen molar-refractivity contribution in [2.45, 2.75) is 19.1 Å². The number of β-amino-alcohol motifs (C(OH)–C–C–N with tert-alkyl or cyclic N) is 1. The number of benzene rings is 1. The van der Waals surface area contributed by atoms with Crippen molar-refractivity contribution in [2.75, 3.05) is 19.6 Å². The van der Waals surface area contributed by atoms with Crippen LogP contribution < -0.4 is 5.32 Å². The van der Waals surface area contributed by atoms with Crippen molar-refractivity contribution in [1.82, 2.24) is 19.8 Å². The minimum atomic E-state index is -0.596. The highest BCUT2D eigenvalue weighted by atomic mass is 32.1. The van der Waals surface area contributed by atoms with E-state index in [-0.39, 0.29) is 12.5 Å². The summed E-state index contributed by atoms with van der Waals surface area (Å²) >= 11 is 1.13. The van der Waals surface area contributed by atoms with Crippen LogP contribution in [0.1, 0.15) is 21.6 Å². The molecule has 1 aliphatic heterocycles. The SMILES string of the molecule is O=C(NCC(O)CN1CCc2ccccc2C1)c1csnn1. The van der Waals surface area contributed by atoms with Crippen LogP contribution in [0.4, 0.5) is 0 Å². The van der Waals surface area contributed by atoms with Crippen molar-refractivity contribution in [3.05, 3.63) is 46.5 Å². The second-order valence-corrected chi connectivity index (χ2v) is 6.02. The first-order chi connectivity index (χ1) is 10.7. The Morgan fingerprint density at radius 1 is 1.41 bits per heavy atom. The fourth-order valence-electron chi connectivity index (χ4n) is 2.64. The summed E-state index contributed by atoms with van der Waals surface area (Å²) in [6, 6.07) is 8.39. The van der Waals surface area contributed by atoms with E-state index in [1.54, 1.807) is 5.38 Å². The Labute approximate surface area is 132 Å². The van der Waals surface area contributed by atoms with Crippen molar-refractivity contribution >= 4 is 17.4 Å². The molecule has 1 amide bonds. The molecule has 1 unspecified atom stereocenters. The number of amides is 1. The van der Waals surface area contributed by atoms with Crippen LogP contribution in [0.25, 0.3) is 0 Å². The molecule has 1 aliphatic rings. The highest BCUT2D eigenvalue weighted by Gasteiger charge is 2.19. The highest BCUT2D eigenvalue weighted by Crippen LogP contribution is 2.18. The summed E-state index contributed by atoms with van der Waals surface area (Å²) in [5, 5.41) is 18.1. The molecule has 2 heterocycles. The monoisotopic (exact) mass is 318 g/mol. The topological polar surface area (TPSA) is 78.4 Å². The molecule has 1 aromatic carbocycles. The van der Waals surface area contributed by atoms with Crippen LogP contribution in [0.2, 0.25) is 0 Å². The van der Waals surface area contributed by atoms with E-state index >= 15 is 0 Å². The molecule has 6 nitrogen and oxygen atoms in total. The number of aliphatic hydroxyl groups excluding tert-OH is 1. The summed E-state index contributed by atoms with van der Waals surface area (Å²) < 4.78 is 3.65. The van der Waals surface area contributed by atoms with Gasteiger partial charge >= 0.3 is 0 Å². The average Bonchev–Trinajstić information content (AvgIpc) is 3.07. The third-order valence-electron chi connectivity index (χ3n) is 3.77. The lowest BCUT2D eigenvalue weighted by molar-refractivity contribution is 0.0838. The molecular formula is C15H18N4O2S. The van der Waals surface area contributed by atoms with Crippen LogP contribution in [-0.2, 0) is 13.0 Å². The molecule has 1 aromatic heterocycles. The Morgan fingerprint density at radius 2 is 2.23 bits per heavy atom. The van der Waals surface area contributed by atoms with Crippen LogP contribution in [-0.4, -0.2) is 51.2 Å². The van der Waals surface area contributed by atoms with E-state index in [2.05, 4.69) is 38.0 Å². The number of rotatable bonds is 5. The number of aliphatic hydroxyl groups is 1. The number of carbonyl (C=O) groups excluding carboxylic acids is 1. The molecule has 0 spiro atoms. The molecule has 7 heteroatoms. The molecule has 2 N–H and O–H groups in total. The highest BCUT2D eigenvalue weighted by molar-refractivity contribution is 7.03. The summed E-state index contributed by atoms with van der Waals surface area (Å²) in [4.78, 5) is 13.9. The van der Waals surface area contributed by atoms with Crippen LogP contribution in [0, 0.1) is 0 Å². The number of nitrogens with zero attached hydrogens (tertiary/aromatic N) is 3. The first-order valence-electron chi connectivity index (χ1n) is 7.25. The van der Waals surface area contributed by atoms with Gasteiger partial charge in [-0.2, -0.15) is 0 Å². The van der Waals surface area contributed by atoms with Gasteiger partial charge < -0.3 is 10.4 Å². The minimum Gasteiger partial charge on any atom is -0.390 e. The van der Waals surface area contributed by atoms with E-state index in [0.717, 1.165) is 31.0 Å². The number of fused-ring (bicyclic) bond motifs is 1. The molecule has 2 aromatic rings. The number of hydrogen-bond acceptors (Lipinski definition) is 6. The molecule has 0 saturated heterocycles.